The molecule has 1 fully saturated rings. The SMILES string of the molecule is COC(=O)C1CCN(C(=O)c2cc(Cl)ccc2Br)C1. The molecule has 1 heterocycles. The zero-order valence-corrected chi connectivity index (χ0v) is 12.7. The van der Waals surface area contributed by atoms with E-state index in [1.165, 1.54) is 7.11 Å². The minimum absolute atomic E-state index is 0.124. The normalized spacial score (nSPS) is 18.5. The Bertz CT molecular complexity index is 521. The van der Waals surface area contributed by atoms with Gasteiger partial charge in [-0.1, -0.05) is 11.6 Å². The first-order chi connectivity index (χ1) is 9.02. The Hall–Kier alpha value is -1.07. The van der Waals surface area contributed by atoms with Gasteiger partial charge in [0.25, 0.3) is 5.91 Å². The number of rotatable bonds is 2. The van der Waals surface area contributed by atoms with Gasteiger partial charge in [-0.2, -0.15) is 0 Å². The summed E-state index contributed by atoms with van der Waals surface area (Å²) in [5, 5.41) is 0.510. The molecule has 0 aliphatic carbocycles. The van der Waals surface area contributed by atoms with Gasteiger partial charge in [-0.05, 0) is 40.5 Å². The molecule has 1 amide bonds. The molecule has 102 valence electrons. The molecule has 0 spiro atoms. The Labute approximate surface area is 124 Å². The van der Waals surface area contributed by atoms with Gasteiger partial charge >= 0.3 is 5.97 Å². The monoisotopic (exact) mass is 345 g/mol. The van der Waals surface area contributed by atoms with Gasteiger partial charge in [0.1, 0.15) is 0 Å². The molecule has 0 saturated carbocycles. The highest BCUT2D eigenvalue weighted by Crippen LogP contribution is 2.25. The summed E-state index contributed by atoms with van der Waals surface area (Å²) in [5.74, 6) is -0.617. The van der Waals surface area contributed by atoms with Crippen LogP contribution in [0.5, 0.6) is 0 Å². The highest BCUT2D eigenvalue weighted by molar-refractivity contribution is 9.10. The summed E-state index contributed by atoms with van der Waals surface area (Å²) in [6.45, 7) is 0.946. The Kier molecular flexibility index (Phi) is 4.47. The fourth-order valence-electron chi connectivity index (χ4n) is 2.14. The number of likely N-dealkylation sites (tertiary alicyclic amines) is 1. The van der Waals surface area contributed by atoms with Gasteiger partial charge in [0.15, 0.2) is 0 Å². The zero-order valence-electron chi connectivity index (χ0n) is 10.4. The first kappa shape index (κ1) is 14.3. The highest BCUT2D eigenvalue weighted by Gasteiger charge is 2.32. The molecule has 1 aromatic rings. The van der Waals surface area contributed by atoms with Crippen molar-refractivity contribution in [2.75, 3.05) is 20.2 Å². The Morgan fingerprint density at radius 2 is 2.21 bits per heavy atom. The van der Waals surface area contributed by atoms with Gasteiger partial charge < -0.3 is 9.64 Å². The van der Waals surface area contributed by atoms with Crippen molar-refractivity contribution in [3.05, 3.63) is 33.3 Å². The second-order valence-electron chi connectivity index (χ2n) is 4.38. The molecular weight excluding hydrogens is 334 g/mol. The Balaban J connectivity index is 2.13. The van der Waals surface area contributed by atoms with E-state index in [1.807, 2.05) is 0 Å². The second-order valence-corrected chi connectivity index (χ2v) is 5.67. The zero-order chi connectivity index (χ0) is 14.0. The number of hydrogen-bond acceptors (Lipinski definition) is 3. The maximum atomic E-state index is 12.4. The summed E-state index contributed by atoms with van der Waals surface area (Å²) in [7, 11) is 1.36. The van der Waals surface area contributed by atoms with Crippen LogP contribution in [0.25, 0.3) is 0 Å². The smallest absolute Gasteiger partial charge is 0.310 e. The number of methoxy groups -OCH3 is 1. The molecule has 1 aliphatic heterocycles. The van der Waals surface area contributed by atoms with Crippen molar-refractivity contribution < 1.29 is 14.3 Å². The van der Waals surface area contributed by atoms with Crippen LogP contribution in [0.2, 0.25) is 5.02 Å². The average molecular weight is 347 g/mol. The maximum absolute atomic E-state index is 12.4. The van der Waals surface area contributed by atoms with E-state index >= 15 is 0 Å². The second kappa shape index (κ2) is 5.92. The molecule has 0 radical (unpaired) electrons. The van der Waals surface area contributed by atoms with Crippen LogP contribution < -0.4 is 0 Å². The van der Waals surface area contributed by atoms with E-state index in [9.17, 15) is 9.59 Å². The fourth-order valence-corrected chi connectivity index (χ4v) is 2.72. The standard InChI is InChI=1S/C13H13BrClNO3/c1-19-13(18)8-4-5-16(7-8)12(17)10-6-9(15)2-3-11(10)14/h2-3,6,8H,4-5,7H2,1H3. The van der Waals surface area contributed by atoms with E-state index in [4.69, 9.17) is 16.3 Å². The van der Waals surface area contributed by atoms with Gasteiger partial charge in [-0.3, -0.25) is 9.59 Å². The maximum Gasteiger partial charge on any atom is 0.310 e. The molecule has 0 aromatic heterocycles. The molecule has 6 heteroatoms. The quantitative estimate of drug-likeness (QED) is 0.774. The lowest BCUT2D eigenvalue weighted by atomic mass is 10.1. The number of carbonyl (C=O) groups is 2. The predicted molar refractivity (Wildman–Crippen MR) is 75.2 cm³/mol. The first-order valence-electron chi connectivity index (χ1n) is 5.85. The van der Waals surface area contributed by atoms with Gasteiger partial charge in [-0.15, -0.1) is 0 Å². The van der Waals surface area contributed by atoms with Crippen molar-refractivity contribution in [1.82, 2.24) is 4.90 Å². The molecule has 1 unspecified atom stereocenters. The number of amides is 1. The third kappa shape index (κ3) is 3.09. The molecule has 2 rings (SSSR count). The van der Waals surface area contributed by atoms with E-state index in [1.54, 1.807) is 23.1 Å². The molecule has 1 atom stereocenters. The van der Waals surface area contributed by atoms with Crippen LogP contribution in [0, 0.1) is 5.92 Å². The van der Waals surface area contributed by atoms with Gasteiger partial charge in [0.2, 0.25) is 0 Å². The number of ether oxygens (including phenoxy) is 1. The predicted octanol–water partition coefficient (Wildman–Crippen LogP) is 2.74. The summed E-state index contributed by atoms with van der Waals surface area (Å²) in [5.41, 5.74) is 0.512. The molecule has 19 heavy (non-hydrogen) atoms. The summed E-state index contributed by atoms with van der Waals surface area (Å²) in [6, 6.07) is 5.08. The number of nitrogens with zero attached hydrogens (tertiary/aromatic N) is 1. The van der Waals surface area contributed by atoms with Crippen LogP contribution in [0.1, 0.15) is 16.8 Å². The minimum atomic E-state index is -0.263. The van der Waals surface area contributed by atoms with Crippen molar-refractivity contribution >= 4 is 39.4 Å². The van der Waals surface area contributed by atoms with Gasteiger partial charge in [0.05, 0.1) is 18.6 Å². The lowest BCUT2D eigenvalue weighted by Gasteiger charge is -2.17. The number of hydrogen-bond donors (Lipinski definition) is 0. The largest absolute Gasteiger partial charge is 0.469 e. The topological polar surface area (TPSA) is 46.6 Å². The molecule has 1 aliphatic rings. The van der Waals surface area contributed by atoms with Crippen molar-refractivity contribution in [3.8, 4) is 0 Å². The molecule has 0 N–H and O–H groups in total. The number of benzene rings is 1. The summed E-state index contributed by atoms with van der Waals surface area (Å²) < 4.78 is 5.40. The van der Waals surface area contributed by atoms with Crippen LogP contribution in [0.4, 0.5) is 0 Å². The van der Waals surface area contributed by atoms with Gasteiger partial charge in [0, 0.05) is 22.6 Å². The number of halogens is 2. The van der Waals surface area contributed by atoms with Crippen molar-refractivity contribution in [2.24, 2.45) is 5.92 Å². The molecule has 0 bridgehead atoms. The third-order valence-corrected chi connectivity index (χ3v) is 4.10. The van der Waals surface area contributed by atoms with Crippen LogP contribution in [-0.2, 0) is 9.53 Å². The van der Waals surface area contributed by atoms with Crippen LogP contribution in [0.3, 0.4) is 0 Å². The minimum Gasteiger partial charge on any atom is -0.469 e. The Morgan fingerprint density at radius 3 is 2.89 bits per heavy atom. The van der Waals surface area contributed by atoms with E-state index in [0.717, 1.165) is 0 Å². The molecule has 1 aromatic carbocycles. The van der Waals surface area contributed by atoms with Crippen molar-refractivity contribution in [2.45, 2.75) is 6.42 Å². The highest BCUT2D eigenvalue weighted by atomic mass is 79.9. The van der Waals surface area contributed by atoms with Crippen LogP contribution >= 0.6 is 27.5 Å². The van der Waals surface area contributed by atoms with Gasteiger partial charge in [-0.25, -0.2) is 0 Å². The summed E-state index contributed by atoms with van der Waals surface area (Å²) in [6.07, 6.45) is 0.636. The van der Waals surface area contributed by atoms with Crippen molar-refractivity contribution in [3.63, 3.8) is 0 Å². The fraction of sp³-hybridized carbons (Fsp3) is 0.385. The first-order valence-corrected chi connectivity index (χ1v) is 7.02. The number of carbonyl (C=O) groups excluding carboxylic acids is 2. The van der Waals surface area contributed by atoms with E-state index in [2.05, 4.69) is 15.9 Å². The Morgan fingerprint density at radius 1 is 1.47 bits per heavy atom. The van der Waals surface area contributed by atoms with E-state index in [0.29, 0.717) is 34.6 Å². The average Bonchev–Trinajstić information content (AvgIpc) is 2.89. The molecular formula is C13H13BrClNO3. The summed E-state index contributed by atoms with van der Waals surface area (Å²) in [4.78, 5) is 25.5. The molecule has 4 nitrogen and oxygen atoms in total. The van der Waals surface area contributed by atoms with Crippen LogP contribution in [-0.4, -0.2) is 37.0 Å². The molecule has 1 saturated heterocycles. The third-order valence-electron chi connectivity index (χ3n) is 3.17. The summed E-state index contributed by atoms with van der Waals surface area (Å²) >= 11 is 9.24. The van der Waals surface area contributed by atoms with Crippen molar-refractivity contribution in [1.29, 1.82) is 0 Å². The lowest BCUT2D eigenvalue weighted by molar-refractivity contribution is -0.144. The van der Waals surface area contributed by atoms with E-state index in [-0.39, 0.29) is 17.8 Å². The van der Waals surface area contributed by atoms with Crippen LogP contribution in [0.15, 0.2) is 22.7 Å². The van der Waals surface area contributed by atoms with E-state index < -0.39 is 0 Å². The number of esters is 1. The lowest BCUT2D eigenvalue weighted by Crippen LogP contribution is -2.30.